The molecule has 2 heterocycles. The lowest BCUT2D eigenvalue weighted by Gasteiger charge is -2.52. The zero-order chi connectivity index (χ0) is 18.7. The van der Waals surface area contributed by atoms with Gasteiger partial charge in [-0.3, -0.25) is 9.78 Å². The van der Waals surface area contributed by atoms with Gasteiger partial charge in [-0.25, -0.2) is 0 Å². The van der Waals surface area contributed by atoms with Gasteiger partial charge in [0, 0.05) is 37.3 Å². The van der Waals surface area contributed by atoms with Gasteiger partial charge in [-0.2, -0.15) is 0 Å². The van der Waals surface area contributed by atoms with Crippen LogP contribution >= 0.6 is 0 Å². The van der Waals surface area contributed by atoms with Crippen molar-refractivity contribution in [3.63, 3.8) is 0 Å². The monoisotopic (exact) mass is 364 g/mol. The van der Waals surface area contributed by atoms with E-state index in [1.54, 1.807) is 12.4 Å². The highest BCUT2D eigenvalue weighted by atomic mass is 16.3. The molecule has 3 atom stereocenters. The lowest BCUT2D eigenvalue weighted by molar-refractivity contribution is -0.154. The highest BCUT2D eigenvalue weighted by molar-refractivity contribution is 5.77. The Morgan fingerprint density at radius 1 is 1.11 bits per heavy atom. The largest absolute Gasteiger partial charge is 0.385 e. The van der Waals surface area contributed by atoms with E-state index in [1.165, 1.54) is 0 Å². The molecule has 1 N–H and O–H groups in total. The Labute approximate surface area is 161 Å². The Hall–Kier alpha value is -2.20. The predicted octanol–water partition coefficient (Wildman–Crippen LogP) is 3.69. The second-order valence-corrected chi connectivity index (χ2v) is 7.94. The lowest BCUT2D eigenvalue weighted by atomic mass is 9.66. The van der Waals surface area contributed by atoms with Gasteiger partial charge in [0.15, 0.2) is 0 Å². The molecule has 4 heteroatoms. The van der Waals surface area contributed by atoms with E-state index in [9.17, 15) is 9.90 Å². The molecule has 1 saturated carbocycles. The minimum Gasteiger partial charge on any atom is -0.385 e. The number of amides is 1. The second kappa shape index (κ2) is 7.81. The van der Waals surface area contributed by atoms with Crippen LogP contribution in [0.3, 0.4) is 0 Å². The Morgan fingerprint density at radius 2 is 1.85 bits per heavy atom. The number of hydrogen-bond donors (Lipinski definition) is 1. The highest BCUT2D eigenvalue weighted by Gasteiger charge is 2.50. The van der Waals surface area contributed by atoms with E-state index < -0.39 is 5.60 Å². The third kappa shape index (κ3) is 3.63. The van der Waals surface area contributed by atoms with Crippen molar-refractivity contribution in [1.82, 2.24) is 9.88 Å². The van der Waals surface area contributed by atoms with Gasteiger partial charge in [-0.05, 0) is 48.9 Å². The van der Waals surface area contributed by atoms with Crippen LogP contribution in [0.4, 0.5) is 0 Å². The number of rotatable bonds is 4. The lowest BCUT2D eigenvalue weighted by Crippen LogP contribution is -2.59. The number of benzene rings is 1. The molecule has 2 fully saturated rings. The maximum Gasteiger partial charge on any atom is 0.223 e. The van der Waals surface area contributed by atoms with E-state index in [-0.39, 0.29) is 17.9 Å². The molecule has 142 valence electrons. The van der Waals surface area contributed by atoms with Crippen molar-refractivity contribution in [3.05, 3.63) is 66.0 Å². The van der Waals surface area contributed by atoms with Gasteiger partial charge in [0.05, 0.1) is 5.60 Å². The van der Waals surface area contributed by atoms with Crippen molar-refractivity contribution >= 4 is 5.91 Å². The first kappa shape index (κ1) is 18.2. The molecule has 1 aromatic carbocycles. The molecule has 2 aromatic rings. The predicted molar refractivity (Wildman–Crippen MR) is 105 cm³/mol. The summed E-state index contributed by atoms with van der Waals surface area (Å²) in [7, 11) is 0. The van der Waals surface area contributed by atoms with Crippen LogP contribution in [0, 0.1) is 5.92 Å². The van der Waals surface area contributed by atoms with Gasteiger partial charge < -0.3 is 10.0 Å². The molecule has 4 rings (SSSR count). The van der Waals surface area contributed by atoms with Gasteiger partial charge in [-0.1, -0.05) is 43.2 Å². The van der Waals surface area contributed by atoms with E-state index in [0.29, 0.717) is 19.4 Å². The van der Waals surface area contributed by atoms with Crippen LogP contribution in [0.5, 0.6) is 0 Å². The van der Waals surface area contributed by atoms with Crippen LogP contribution in [-0.4, -0.2) is 33.5 Å². The van der Waals surface area contributed by atoms with Crippen LogP contribution < -0.4 is 0 Å². The fourth-order valence-electron chi connectivity index (χ4n) is 5.02. The Bertz CT molecular complexity index is 764. The summed E-state index contributed by atoms with van der Waals surface area (Å²) in [5, 5.41) is 11.6. The van der Waals surface area contributed by atoms with Crippen LogP contribution in [-0.2, 0) is 16.8 Å². The van der Waals surface area contributed by atoms with Crippen LogP contribution in [0.15, 0.2) is 54.9 Å². The molecule has 1 saturated heterocycles. The number of pyridine rings is 1. The first-order valence-corrected chi connectivity index (χ1v) is 10.1. The van der Waals surface area contributed by atoms with Gasteiger partial charge in [0.2, 0.25) is 5.91 Å². The summed E-state index contributed by atoms with van der Waals surface area (Å²) in [6, 6.07) is 14.2. The third-order valence-corrected chi connectivity index (χ3v) is 6.45. The fraction of sp³-hybridized carbons (Fsp3) is 0.478. The van der Waals surface area contributed by atoms with Crippen molar-refractivity contribution < 1.29 is 9.90 Å². The molecule has 1 aliphatic heterocycles. The average molecular weight is 364 g/mol. The number of carbonyl (C=O) groups is 1. The first-order chi connectivity index (χ1) is 13.2. The Balaban J connectivity index is 1.50. The zero-order valence-corrected chi connectivity index (χ0v) is 15.8. The molecular weight excluding hydrogens is 336 g/mol. The third-order valence-electron chi connectivity index (χ3n) is 6.45. The number of piperidine rings is 1. The number of hydrogen-bond acceptors (Lipinski definition) is 3. The Kier molecular flexibility index (Phi) is 5.26. The SMILES string of the molecule is O=C(CCc1ccncc1)N1CC[C@@](O)(c2ccccc2)[C@H]2CCCC[C@H]21. The number of likely N-dealkylation sites (tertiary alicyclic amines) is 1. The fourth-order valence-corrected chi connectivity index (χ4v) is 5.02. The molecule has 0 unspecified atom stereocenters. The number of aryl methyl sites for hydroxylation is 1. The molecule has 1 aromatic heterocycles. The molecule has 0 radical (unpaired) electrons. The first-order valence-electron chi connectivity index (χ1n) is 10.1. The number of nitrogens with zero attached hydrogens (tertiary/aromatic N) is 2. The molecular formula is C23H28N2O2. The molecule has 27 heavy (non-hydrogen) atoms. The summed E-state index contributed by atoms with van der Waals surface area (Å²) in [4.78, 5) is 19.1. The molecule has 0 bridgehead atoms. The zero-order valence-electron chi connectivity index (χ0n) is 15.8. The van der Waals surface area contributed by atoms with Crippen LogP contribution in [0.25, 0.3) is 0 Å². The summed E-state index contributed by atoms with van der Waals surface area (Å²) in [5.41, 5.74) is 1.34. The standard InChI is InChI=1S/C23H28N2O2/c26-22(11-10-18-12-15-24-16-13-18)25-17-14-23(27,19-6-2-1-3-7-19)20-8-4-5-9-21(20)25/h1-3,6-7,12-13,15-16,20-21,27H,4-5,8-11,14,17H2/t20-,21+,23+/m0/s1. The number of carbonyl (C=O) groups excluding carboxylic acids is 1. The van der Waals surface area contributed by atoms with Crippen LogP contribution in [0.2, 0.25) is 0 Å². The van der Waals surface area contributed by atoms with Crippen molar-refractivity contribution in [3.8, 4) is 0 Å². The summed E-state index contributed by atoms with van der Waals surface area (Å²) in [6.45, 7) is 0.641. The smallest absolute Gasteiger partial charge is 0.223 e. The number of aromatic nitrogens is 1. The van der Waals surface area contributed by atoms with E-state index in [0.717, 1.165) is 43.2 Å². The van der Waals surface area contributed by atoms with Gasteiger partial charge in [0.25, 0.3) is 0 Å². The topological polar surface area (TPSA) is 53.4 Å². The van der Waals surface area contributed by atoms with E-state index >= 15 is 0 Å². The summed E-state index contributed by atoms with van der Waals surface area (Å²) in [5.74, 6) is 0.353. The second-order valence-electron chi connectivity index (χ2n) is 7.94. The van der Waals surface area contributed by atoms with E-state index in [2.05, 4.69) is 9.88 Å². The van der Waals surface area contributed by atoms with Gasteiger partial charge in [0.1, 0.15) is 0 Å². The Morgan fingerprint density at radius 3 is 2.63 bits per heavy atom. The highest BCUT2D eigenvalue weighted by Crippen LogP contribution is 2.47. The molecule has 0 spiro atoms. The van der Waals surface area contributed by atoms with Crippen molar-refractivity contribution in [2.75, 3.05) is 6.54 Å². The molecule has 4 nitrogen and oxygen atoms in total. The van der Waals surface area contributed by atoms with E-state index in [1.807, 2.05) is 42.5 Å². The summed E-state index contributed by atoms with van der Waals surface area (Å²) < 4.78 is 0. The average Bonchev–Trinajstić information content (AvgIpc) is 2.74. The summed E-state index contributed by atoms with van der Waals surface area (Å²) in [6.07, 6.45) is 9.71. The normalized spacial score (nSPS) is 27.8. The molecule has 1 amide bonds. The van der Waals surface area contributed by atoms with Crippen molar-refractivity contribution in [1.29, 1.82) is 0 Å². The maximum absolute atomic E-state index is 13.0. The van der Waals surface area contributed by atoms with Gasteiger partial charge in [-0.15, -0.1) is 0 Å². The minimum absolute atomic E-state index is 0.132. The summed E-state index contributed by atoms with van der Waals surface area (Å²) >= 11 is 0. The van der Waals surface area contributed by atoms with Crippen LogP contribution in [0.1, 0.15) is 49.7 Å². The number of fused-ring (bicyclic) bond motifs is 1. The maximum atomic E-state index is 13.0. The van der Waals surface area contributed by atoms with Gasteiger partial charge >= 0.3 is 0 Å². The molecule has 2 aliphatic rings. The van der Waals surface area contributed by atoms with E-state index in [4.69, 9.17) is 0 Å². The van der Waals surface area contributed by atoms with Crippen molar-refractivity contribution in [2.45, 2.75) is 56.6 Å². The minimum atomic E-state index is -0.811. The molecule has 1 aliphatic carbocycles. The number of aliphatic hydroxyl groups is 1. The quantitative estimate of drug-likeness (QED) is 0.900. The van der Waals surface area contributed by atoms with Crippen molar-refractivity contribution in [2.24, 2.45) is 5.92 Å².